The Balaban J connectivity index is 2.01. The van der Waals surface area contributed by atoms with Crippen molar-refractivity contribution in [3.63, 3.8) is 0 Å². The molecule has 1 spiro atoms. The van der Waals surface area contributed by atoms with E-state index in [4.69, 9.17) is 5.73 Å². The maximum Gasteiger partial charge on any atom is 0.0449 e. The predicted molar refractivity (Wildman–Crippen MR) is 60.6 cm³/mol. The van der Waals surface area contributed by atoms with Crippen molar-refractivity contribution < 1.29 is 0 Å². The van der Waals surface area contributed by atoms with Gasteiger partial charge in [-0.05, 0) is 49.1 Å². The molecule has 1 aromatic heterocycles. The lowest BCUT2D eigenvalue weighted by molar-refractivity contribution is 0.360. The van der Waals surface area contributed by atoms with Gasteiger partial charge in [-0.25, -0.2) is 0 Å². The Hall–Kier alpha value is -0.340. The molecule has 3 rings (SSSR count). The van der Waals surface area contributed by atoms with Crippen molar-refractivity contribution in [2.75, 3.05) is 0 Å². The van der Waals surface area contributed by atoms with Crippen molar-refractivity contribution in [1.82, 2.24) is 0 Å². The SMILES string of the molecule is CCc1cc2c(s1)C(N)C1(CC2)CC1. The molecular formula is C12H17NS. The van der Waals surface area contributed by atoms with E-state index in [1.54, 1.807) is 5.56 Å². The number of fused-ring (bicyclic) bond motifs is 1. The van der Waals surface area contributed by atoms with Crippen LogP contribution in [0.15, 0.2) is 6.07 Å². The zero-order chi connectivity index (χ0) is 9.76. The molecule has 1 fully saturated rings. The molecule has 0 bridgehead atoms. The first-order valence-electron chi connectivity index (χ1n) is 5.62. The van der Waals surface area contributed by atoms with Crippen LogP contribution in [0.3, 0.4) is 0 Å². The van der Waals surface area contributed by atoms with Gasteiger partial charge in [0, 0.05) is 15.8 Å². The molecule has 1 heterocycles. The summed E-state index contributed by atoms with van der Waals surface area (Å²) in [5.41, 5.74) is 8.45. The molecule has 1 nitrogen and oxygen atoms in total. The smallest absolute Gasteiger partial charge is 0.0449 e. The lowest BCUT2D eigenvalue weighted by Crippen LogP contribution is -2.27. The number of hydrogen-bond acceptors (Lipinski definition) is 2. The van der Waals surface area contributed by atoms with E-state index >= 15 is 0 Å². The van der Waals surface area contributed by atoms with Gasteiger partial charge in [-0.15, -0.1) is 11.3 Å². The van der Waals surface area contributed by atoms with Crippen molar-refractivity contribution in [2.24, 2.45) is 11.1 Å². The minimum atomic E-state index is 0.358. The minimum Gasteiger partial charge on any atom is -0.323 e. The summed E-state index contributed by atoms with van der Waals surface area (Å²) in [7, 11) is 0. The summed E-state index contributed by atoms with van der Waals surface area (Å²) in [6.07, 6.45) is 6.51. The molecule has 1 aromatic rings. The molecule has 1 saturated carbocycles. The van der Waals surface area contributed by atoms with Crippen LogP contribution in [0, 0.1) is 5.41 Å². The van der Waals surface area contributed by atoms with E-state index in [-0.39, 0.29) is 0 Å². The van der Waals surface area contributed by atoms with Crippen LogP contribution >= 0.6 is 11.3 Å². The standard InChI is InChI=1S/C12H17NS/c1-2-9-7-8-3-4-12(5-6-12)11(13)10(8)14-9/h7,11H,2-6,13H2,1H3. The minimum absolute atomic E-state index is 0.358. The Kier molecular flexibility index (Phi) is 1.80. The molecule has 0 aromatic carbocycles. The van der Waals surface area contributed by atoms with E-state index in [9.17, 15) is 0 Å². The third kappa shape index (κ3) is 1.10. The van der Waals surface area contributed by atoms with Crippen LogP contribution < -0.4 is 5.73 Å². The van der Waals surface area contributed by atoms with Gasteiger partial charge in [0.2, 0.25) is 0 Å². The molecule has 1 atom stereocenters. The molecule has 14 heavy (non-hydrogen) atoms. The number of nitrogens with two attached hydrogens (primary N) is 1. The largest absolute Gasteiger partial charge is 0.323 e. The van der Waals surface area contributed by atoms with Gasteiger partial charge in [0.25, 0.3) is 0 Å². The quantitative estimate of drug-likeness (QED) is 0.752. The van der Waals surface area contributed by atoms with Gasteiger partial charge in [0.05, 0.1) is 0 Å². The van der Waals surface area contributed by atoms with E-state index in [1.807, 2.05) is 11.3 Å². The molecule has 0 amide bonds. The first-order chi connectivity index (χ1) is 6.75. The van der Waals surface area contributed by atoms with Gasteiger partial charge in [-0.3, -0.25) is 0 Å². The van der Waals surface area contributed by atoms with E-state index in [0.717, 1.165) is 6.42 Å². The molecule has 2 N–H and O–H groups in total. The van der Waals surface area contributed by atoms with Gasteiger partial charge in [-0.2, -0.15) is 0 Å². The number of thiophene rings is 1. The molecule has 0 saturated heterocycles. The monoisotopic (exact) mass is 207 g/mol. The number of aryl methyl sites for hydroxylation is 2. The van der Waals surface area contributed by atoms with E-state index in [2.05, 4.69) is 13.0 Å². The fourth-order valence-electron chi connectivity index (χ4n) is 2.67. The molecule has 1 unspecified atom stereocenters. The van der Waals surface area contributed by atoms with Gasteiger partial charge in [0.15, 0.2) is 0 Å². The molecular weight excluding hydrogens is 190 g/mol. The van der Waals surface area contributed by atoms with Crippen LogP contribution in [0.4, 0.5) is 0 Å². The van der Waals surface area contributed by atoms with Crippen LogP contribution in [0.2, 0.25) is 0 Å². The van der Waals surface area contributed by atoms with Gasteiger partial charge in [0.1, 0.15) is 0 Å². The summed E-state index contributed by atoms with van der Waals surface area (Å²) in [5, 5.41) is 0. The summed E-state index contributed by atoms with van der Waals surface area (Å²) in [5.74, 6) is 0. The van der Waals surface area contributed by atoms with Crippen LogP contribution in [0.1, 0.15) is 47.5 Å². The molecule has 2 heteroatoms. The maximum atomic E-state index is 6.37. The Labute approximate surface area is 89.3 Å². The zero-order valence-corrected chi connectivity index (χ0v) is 9.49. The normalized spacial score (nSPS) is 27.7. The number of hydrogen-bond donors (Lipinski definition) is 1. The second-order valence-corrected chi connectivity index (χ2v) is 5.96. The summed E-state index contributed by atoms with van der Waals surface area (Å²) < 4.78 is 0. The summed E-state index contributed by atoms with van der Waals surface area (Å²) >= 11 is 1.96. The highest BCUT2D eigenvalue weighted by molar-refractivity contribution is 7.12. The third-order valence-electron chi connectivity index (χ3n) is 3.97. The van der Waals surface area contributed by atoms with E-state index in [1.165, 1.54) is 35.4 Å². The van der Waals surface area contributed by atoms with Crippen molar-refractivity contribution in [3.8, 4) is 0 Å². The first kappa shape index (κ1) is 8.93. The summed E-state index contributed by atoms with van der Waals surface area (Å²) in [6.45, 7) is 2.23. The summed E-state index contributed by atoms with van der Waals surface area (Å²) in [4.78, 5) is 3.02. The van der Waals surface area contributed by atoms with Crippen LogP contribution in [-0.4, -0.2) is 0 Å². The average Bonchev–Trinajstić information content (AvgIpc) is 2.85. The second-order valence-electron chi connectivity index (χ2n) is 4.80. The van der Waals surface area contributed by atoms with Crippen LogP contribution in [0.25, 0.3) is 0 Å². The van der Waals surface area contributed by atoms with Crippen molar-refractivity contribution in [3.05, 3.63) is 21.4 Å². The highest BCUT2D eigenvalue weighted by Gasteiger charge is 2.50. The molecule has 2 aliphatic rings. The summed E-state index contributed by atoms with van der Waals surface area (Å²) in [6, 6.07) is 2.74. The molecule has 0 radical (unpaired) electrons. The first-order valence-corrected chi connectivity index (χ1v) is 6.44. The Morgan fingerprint density at radius 2 is 2.29 bits per heavy atom. The third-order valence-corrected chi connectivity index (χ3v) is 5.37. The molecule has 2 aliphatic carbocycles. The average molecular weight is 207 g/mol. The Bertz CT molecular complexity index is 362. The van der Waals surface area contributed by atoms with E-state index < -0.39 is 0 Å². The molecule has 0 aliphatic heterocycles. The zero-order valence-electron chi connectivity index (χ0n) is 8.68. The van der Waals surface area contributed by atoms with Gasteiger partial charge < -0.3 is 5.73 Å². The van der Waals surface area contributed by atoms with Crippen molar-refractivity contribution >= 4 is 11.3 Å². The van der Waals surface area contributed by atoms with Crippen LogP contribution in [0.5, 0.6) is 0 Å². The van der Waals surface area contributed by atoms with Gasteiger partial charge in [-0.1, -0.05) is 6.92 Å². The lowest BCUT2D eigenvalue weighted by atomic mass is 9.82. The highest BCUT2D eigenvalue weighted by atomic mass is 32.1. The second kappa shape index (κ2) is 2.83. The Morgan fingerprint density at radius 3 is 2.93 bits per heavy atom. The fourth-order valence-corrected chi connectivity index (χ4v) is 3.97. The Morgan fingerprint density at radius 1 is 1.50 bits per heavy atom. The number of rotatable bonds is 1. The van der Waals surface area contributed by atoms with Crippen molar-refractivity contribution in [2.45, 2.75) is 45.1 Å². The van der Waals surface area contributed by atoms with Gasteiger partial charge >= 0.3 is 0 Å². The van der Waals surface area contributed by atoms with Crippen LogP contribution in [-0.2, 0) is 12.8 Å². The lowest BCUT2D eigenvalue weighted by Gasteiger charge is -2.28. The topological polar surface area (TPSA) is 26.0 Å². The predicted octanol–water partition coefficient (Wildman–Crippen LogP) is 3.04. The fraction of sp³-hybridized carbons (Fsp3) is 0.667. The van der Waals surface area contributed by atoms with E-state index in [0.29, 0.717) is 11.5 Å². The molecule has 76 valence electrons. The highest BCUT2D eigenvalue weighted by Crippen LogP contribution is 2.60. The maximum absolute atomic E-state index is 6.37. The van der Waals surface area contributed by atoms with Crippen molar-refractivity contribution in [1.29, 1.82) is 0 Å².